The lowest BCUT2D eigenvalue weighted by Gasteiger charge is -2.39. The fourth-order valence-corrected chi connectivity index (χ4v) is 7.72. The average molecular weight is 379 g/mol. The lowest BCUT2D eigenvalue weighted by Crippen LogP contribution is -2.41. The van der Waals surface area contributed by atoms with Crippen molar-refractivity contribution in [3.63, 3.8) is 0 Å². The van der Waals surface area contributed by atoms with Crippen molar-refractivity contribution >= 4 is 5.97 Å². The molecule has 158 valence electrons. The molecule has 2 nitrogen and oxygen atoms in total. The molecule has 4 saturated carbocycles. The Morgan fingerprint density at radius 2 is 1.70 bits per heavy atom. The Bertz CT molecular complexity index is 493. The summed E-state index contributed by atoms with van der Waals surface area (Å²) in [6, 6.07) is 0. The molecule has 27 heavy (non-hydrogen) atoms. The van der Waals surface area contributed by atoms with Gasteiger partial charge in [-0.2, -0.15) is 0 Å². The highest BCUT2D eigenvalue weighted by Gasteiger charge is 2.61. The maximum Gasteiger partial charge on any atom is 0.309 e. The van der Waals surface area contributed by atoms with Crippen LogP contribution in [0, 0.1) is 41.4 Å². The molecule has 7 unspecified atom stereocenters. The van der Waals surface area contributed by atoms with Crippen molar-refractivity contribution in [3.05, 3.63) is 0 Å². The molecule has 0 radical (unpaired) electrons. The zero-order chi connectivity index (χ0) is 17.6. The van der Waals surface area contributed by atoms with Crippen LogP contribution < -0.4 is 0 Å². The quantitative estimate of drug-likeness (QED) is 0.470. The molecule has 0 spiro atoms. The molecule has 0 amide bonds. The molecule has 0 aromatic carbocycles. The van der Waals surface area contributed by atoms with Crippen LogP contribution in [0.25, 0.3) is 0 Å². The van der Waals surface area contributed by atoms with Crippen molar-refractivity contribution < 1.29 is 9.53 Å². The van der Waals surface area contributed by atoms with Crippen LogP contribution in [0.3, 0.4) is 0 Å². The predicted molar refractivity (Wildman–Crippen MR) is 115 cm³/mol. The Balaban J connectivity index is 0.00000131. The van der Waals surface area contributed by atoms with E-state index in [4.69, 9.17) is 4.74 Å². The predicted octanol–water partition coefficient (Wildman–Crippen LogP) is 7.26. The summed E-state index contributed by atoms with van der Waals surface area (Å²) >= 11 is 0. The molecule has 4 aliphatic rings. The molecular weight excluding hydrogens is 332 g/mol. The van der Waals surface area contributed by atoms with Gasteiger partial charge in [0.2, 0.25) is 0 Å². The van der Waals surface area contributed by atoms with Crippen LogP contribution >= 0.6 is 0 Å². The van der Waals surface area contributed by atoms with Gasteiger partial charge < -0.3 is 4.74 Å². The highest BCUT2D eigenvalue weighted by molar-refractivity contribution is 5.74. The zero-order valence-electron chi connectivity index (χ0n) is 16.6. The number of carbonyl (C=O) groups is 1. The zero-order valence-corrected chi connectivity index (χ0v) is 16.6. The Morgan fingerprint density at radius 1 is 1.00 bits per heavy atom. The van der Waals surface area contributed by atoms with Crippen LogP contribution in [-0.2, 0) is 9.53 Å². The number of rotatable bonds is 5. The third-order valence-corrected chi connectivity index (χ3v) is 8.70. The van der Waals surface area contributed by atoms with Crippen molar-refractivity contribution in [1.82, 2.24) is 0 Å². The van der Waals surface area contributed by atoms with Crippen molar-refractivity contribution in [3.8, 4) is 0 Å². The first-order valence-corrected chi connectivity index (χ1v) is 11.3. The maximum atomic E-state index is 13.2. The van der Waals surface area contributed by atoms with Crippen molar-refractivity contribution in [2.45, 2.75) is 112 Å². The van der Waals surface area contributed by atoms with Gasteiger partial charge in [0.1, 0.15) is 5.60 Å². The first kappa shape index (κ1) is 22.8. The van der Waals surface area contributed by atoms with E-state index in [1.165, 1.54) is 44.9 Å². The summed E-state index contributed by atoms with van der Waals surface area (Å²) in [5, 5.41) is 0. The molecule has 0 aromatic rings. The van der Waals surface area contributed by atoms with E-state index in [0.29, 0.717) is 5.92 Å². The smallest absolute Gasteiger partial charge is 0.309 e. The monoisotopic (exact) mass is 378 g/mol. The van der Waals surface area contributed by atoms with Gasteiger partial charge in [0.15, 0.2) is 0 Å². The second-order valence-corrected chi connectivity index (χ2v) is 9.94. The summed E-state index contributed by atoms with van der Waals surface area (Å²) in [7, 11) is 0. The van der Waals surface area contributed by atoms with Crippen LogP contribution in [0.4, 0.5) is 0 Å². The largest absolute Gasteiger partial charge is 0.459 e. The number of esters is 1. The number of fused-ring (bicyclic) bond motifs is 5. The molecule has 0 aromatic heterocycles. The van der Waals surface area contributed by atoms with Crippen LogP contribution in [0.5, 0.6) is 0 Å². The van der Waals surface area contributed by atoms with Crippen LogP contribution in [0.2, 0.25) is 0 Å². The highest BCUT2D eigenvalue weighted by atomic mass is 16.6. The second kappa shape index (κ2) is 8.87. The van der Waals surface area contributed by atoms with E-state index in [2.05, 4.69) is 20.8 Å². The molecule has 0 saturated heterocycles. The van der Waals surface area contributed by atoms with E-state index in [9.17, 15) is 4.79 Å². The maximum absolute atomic E-state index is 13.2. The molecule has 0 N–H and O–H groups in total. The lowest BCUT2D eigenvalue weighted by atomic mass is 9.70. The molecule has 4 aliphatic carbocycles. The molecular formula is C25H46O2. The van der Waals surface area contributed by atoms with Gasteiger partial charge >= 0.3 is 5.97 Å². The second-order valence-electron chi connectivity index (χ2n) is 9.94. The minimum absolute atomic E-state index is 0. The normalized spacial score (nSPS) is 41.4. The van der Waals surface area contributed by atoms with E-state index in [1.54, 1.807) is 0 Å². The summed E-state index contributed by atoms with van der Waals surface area (Å²) in [4.78, 5) is 13.2. The Morgan fingerprint density at radius 3 is 2.33 bits per heavy atom. The van der Waals surface area contributed by atoms with Gasteiger partial charge in [-0.15, -0.1) is 0 Å². The SMILES string of the molecule is C.C.CCCC1CC(C)C2C3CC(C(=O)OC4(CC)CCCCC4)C(C3)C12. The van der Waals surface area contributed by atoms with Gasteiger partial charge in [0.25, 0.3) is 0 Å². The average Bonchev–Trinajstić information content (AvgIpc) is 3.28. The Hall–Kier alpha value is -0.530. The molecule has 0 aliphatic heterocycles. The summed E-state index contributed by atoms with van der Waals surface area (Å²) in [6.45, 7) is 7.02. The van der Waals surface area contributed by atoms with Crippen molar-refractivity contribution in [2.75, 3.05) is 0 Å². The lowest BCUT2D eigenvalue weighted by molar-refractivity contribution is -0.172. The van der Waals surface area contributed by atoms with Gasteiger partial charge in [-0.25, -0.2) is 0 Å². The molecule has 4 fully saturated rings. The minimum Gasteiger partial charge on any atom is -0.459 e. The third kappa shape index (κ3) is 3.84. The van der Waals surface area contributed by atoms with Gasteiger partial charge in [-0.05, 0) is 86.9 Å². The number of carbonyl (C=O) groups excluding carboxylic acids is 1. The van der Waals surface area contributed by atoms with Gasteiger partial charge in [0.05, 0.1) is 5.92 Å². The highest BCUT2D eigenvalue weighted by Crippen LogP contribution is 2.65. The summed E-state index contributed by atoms with van der Waals surface area (Å²) in [6.07, 6.45) is 13.5. The van der Waals surface area contributed by atoms with E-state index in [1.807, 2.05) is 0 Å². The number of hydrogen-bond acceptors (Lipinski definition) is 2. The van der Waals surface area contributed by atoms with Gasteiger partial charge in [-0.3, -0.25) is 4.79 Å². The van der Waals surface area contributed by atoms with Crippen molar-refractivity contribution in [1.29, 1.82) is 0 Å². The standard InChI is InChI=1S/C23H38O2.2CH4/c1-4-9-16-12-15(3)20-17-13-18(21(16)20)19(14-17)22(24)25-23(5-2)10-7-6-8-11-23;;/h15-21H,4-14H2,1-3H3;2*1H4. The van der Waals surface area contributed by atoms with Crippen LogP contribution in [-0.4, -0.2) is 11.6 Å². The molecule has 7 atom stereocenters. The molecule has 2 heteroatoms. The first-order valence-electron chi connectivity index (χ1n) is 11.3. The van der Waals surface area contributed by atoms with Gasteiger partial charge in [0, 0.05) is 0 Å². The number of ether oxygens (including phenoxy) is 1. The third-order valence-electron chi connectivity index (χ3n) is 8.70. The molecule has 2 bridgehead atoms. The fourth-order valence-electron chi connectivity index (χ4n) is 7.72. The van der Waals surface area contributed by atoms with Crippen molar-refractivity contribution in [2.24, 2.45) is 41.4 Å². The molecule has 4 rings (SSSR count). The summed E-state index contributed by atoms with van der Waals surface area (Å²) in [5.74, 6) is 5.37. The van der Waals surface area contributed by atoms with E-state index < -0.39 is 0 Å². The van der Waals surface area contributed by atoms with E-state index in [-0.39, 0.29) is 32.3 Å². The summed E-state index contributed by atoms with van der Waals surface area (Å²) < 4.78 is 6.30. The number of hydrogen-bond donors (Lipinski definition) is 0. The first-order chi connectivity index (χ1) is 12.1. The molecule has 0 heterocycles. The minimum atomic E-state index is -0.123. The van der Waals surface area contributed by atoms with Crippen LogP contribution in [0.1, 0.15) is 106 Å². The topological polar surface area (TPSA) is 26.3 Å². The summed E-state index contributed by atoms with van der Waals surface area (Å²) in [5.41, 5.74) is -0.123. The van der Waals surface area contributed by atoms with E-state index in [0.717, 1.165) is 55.3 Å². The fraction of sp³-hybridized carbons (Fsp3) is 0.960. The van der Waals surface area contributed by atoms with E-state index >= 15 is 0 Å². The van der Waals surface area contributed by atoms with Gasteiger partial charge in [-0.1, -0.05) is 54.9 Å². The van der Waals surface area contributed by atoms with Crippen LogP contribution in [0.15, 0.2) is 0 Å². The Kier molecular flexibility index (Phi) is 7.47. The Labute approximate surface area is 169 Å².